The van der Waals surface area contributed by atoms with Gasteiger partial charge in [-0.05, 0) is 30.6 Å². The molecule has 0 spiro atoms. The Bertz CT molecular complexity index is 176. The van der Waals surface area contributed by atoms with Crippen LogP contribution in [0, 0.1) is 23.7 Å². The van der Waals surface area contributed by atoms with E-state index in [1.165, 1.54) is 6.42 Å². The molecule has 0 aromatic carbocycles. The maximum absolute atomic E-state index is 6.13. The Morgan fingerprint density at radius 3 is 2.07 bits per heavy atom. The molecular formula is C13H26O. The molecule has 5 atom stereocenters. The fraction of sp³-hybridized carbons (Fsp3) is 1.00. The number of ether oxygens (including phenoxy) is 1. The van der Waals surface area contributed by atoms with E-state index in [2.05, 4.69) is 41.5 Å². The van der Waals surface area contributed by atoms with Gasteiger partial charge in [0.05, 0.1) is 12.2 Å². The summed E-state index contributed by atoms with van der Waals surface area (Å²) in [6.07, 6.45) is 2.16. The molecular weight excluding hydrogens is 172 g/mol. The van der Waals surface area contributed by atoms with E-state index in [1.807, 2.05) is 0 Å². The zero-order chi connectivity index (χ0) is 10.9. The first-order valence-electron chi connectivity index (χ1n) is 6.14. The van der Waals surface area contributed by atoms with E-state index in [1.54, 1.807) is 0 Å². The highest BCUT2D eigenvalue weighted by molar-refractivity contribution is 4.87. The molecule has 0 N–H and O–H groups in total. The summed E-state index contributed by atoms with van der Waals surface area (Å²) in [5, 5.41) is 0. The lowest BCUT2D eigenvalue weighted by Gasteiger charge is -2.45. The molecule has 0 aromatic rings. The van der Waals surface area contributed by atoms with Crippen LogP contribution in [0.15, 0.2) is 0 Å². The lowest BCUT2D eigenvalue weighted by Crippen LogP contribution is -2.46. The lowest BCUT2D eigenvalue weighted by molar-refractivity contribution is -0.147. The Hall–Kier alpha value is -0.0400. The highest BCUT2D eigenvalue weighted by atomic mass is 16.5. The van der Waals surface area contributed by atoms with E-state index in [0.29, 0.717) is 24.0 Å². The first kappa shape index (κ1) is 12.0. The summed E-state index contributed by atoms with van der Waals surface area (Å²) in [6.45, 7) is 13.8. The van der Waals surface area contributed by atoms with Gasteiger partial charge in [0.2, 0.25) is 0 Å². The van der Waals surface area contributed by atoms with Crippen molar-refractivity contribution in [3.05, 3.63) is 0 Å². The summed E-state index contributed by atoms with van der Waals surface area (Å²) in [7, 11) is 0. The van der Waals surface area contributed by atoms with Gasteiger partial charge < -0.3 is 4.74 Å². The predicted molar refractivity (Wildman–Crippen MR) is 61.3 cm³/mol. The zero-order valence-corrected chi connectivity index (χ0v) is 10.6. The van der Waals surface area contributed by atoms with E-state index in [0.717, 1.165) is 11.8 Å². The summed E-state index contributed by atoms with van der Waals surface area (Å²) in [5.41, 5.74) is 0. The van der Waals surface area contributed by atoms with E-state index >= 15 is 0 Å². The number of rotatable bonds is 2. The third-order valence-corrected chi connectivity index (χ3v) is 4.17. The van der Waals surface area contributed by atoms with Gasteiger partial charge in [0.1, 0.15) is 0 Å². The van der Waals surface area contributed by atoms with Crippen LogP contribution in [0.25, 0.3) is 0 Å². The monoisotopic (exact) mass is 198 g/mol. The summed E-state index contributed by atoms with van der Waals surface area (Å²) in [5.74, 6) is 2.91. The standard InChI is InChI=1S/C13H26O/c1-7-12-10(5)9(4)11(6)14-13(12)8(2)3/h8-13H,7H2,1-6H3. The molecule has 1 nitrogen and oxygen atoms in total. The van der Waals surface area contributed by atoms with Gasteiger partial charge in [-0.3, -0.25) is 0 Å². The SMILES string of the molecule is CCC1C(C)C(C)C(C)OC1C(C)C. The smallest absolute Gasteiger partial charge is 0.0632 e. The molecule has 0 amide bonds. The zero-order valence-electron chi connectivity index (χ0n) is 10.6. The van der Waals surface area contributed by atoms with Gasteiger partial charge in [-0.15, -0.1) is 0 Å². The third-order valence-electron chi connectivity index (χ3n) is 4.17. The van der Waals surface area contributed by atoms with Crippen LogP contribution in [0.4, 0.5) is 0 Å². The summed E-state index contributed by atoms with van der Waals surface area (Å²) < 4.78 is 6.13. The molecule has 1 saturated heterocycles. The van der Waals surface area contributed by atoms with Crippen molar-refractivity contribution in [1.82, 2.24) is 0 Å². The van der Waals surface area contributed by atoms with Gasteiger partial charge in [-0.25, -0.2) is 0 Å². The third kappa shape index (κ3) is 2.13. The molecule has 0 aliphatic carbocycles. The largest absolute Gasteiger partial charge is 0.374 e. The number of hydrogen-bond acceptors (Lipinski definition) is 1. The minimum Gasteiger partial charge on any atom is -0.374 e. The minimum atomic E-state index is 0.431. The molecule has 0 saturated carbocycles. The van der Waals surface area contributed by atoms with Crippen LogP contribution in [0.2, 0.25) is 0 Å². The van der Waals surface area contributed by atoms with Gasteiger partial charge >= 0.3 is 0 Å². The summed E-state index contributed by atoms with van der Waals surface area (Å²) >= 11 is 0. The molecule has 1 aliphatic heterocycles. The molecule has 1 heteroatoms. The molecule has 1 fully saturated rings. The maximum atomic E-state index is 6.13. The van der Waals surface area contributed by atoms with Crippen LogP contribution in [0.5, 0.6) is 0 Å². The van der Waals surface area contributed by atoms with Gasteiger partial charge in [-0.2, -0.15) is 0 Å². The van der Waals surface area contributed by atoms with Gasteiger partial charge in [0.15, 0.2) is 0 Å². The minimum absolute atomic E-state index is 0.431. The Morgan fingerprint density at radius 2 is 1.64 bits per heavy atom. The first-order valence-corrected chi connectivity index (χ1v) is 6.14. The van der Waals surface area contributed by atoms with E-state index in [-0.39, 0.29) is 0 Å². The fourth-order valence-corrected chi connectivity index (χ4v) is 2.84. The van der Waals surface area contributed by atoms with Crippen molar-refractivity contribution in [3.63, 3.8) is 0 Å². The Balaban J connectivity index is 2.76. The van der Waals surface area contributed by atoms with Crippen molar-refractivity contribution in [3.8, 4) is 0 Å². The molecule has 1 aliphatic rings. The van der Waals surface area contributed by atoms with Crippen molar-refractivity contribution in [2.75, 3.05) is 0 Å². The van der Waals surface area contributed by atoms with Crippen LogP contribution in [0.1, 0.15) is 48.0 Å². The number of hydrogen-bond donors (Lipinski definition) is 0. The molecule has 84 valence electrons. The van der Waals surface area contributed by atoms with Crippen molar-refractivity contribution in [2.45, 2.75) is 60.2 Å². The van der Waals surface area contributed by atoms with Crippen molar-refractivity contribution in [1.29, 1.82) is 0 Å². The highest BCUT2D eigenvalue weighted by Crippen LogP contribution is 2.39. The van der Waals surface area contributed by atoms with Crippen molar-refractivity contribution in [2.24, 2.45) is 23.7 Å². The Kier molecular flexibility index (Phi) is 4.00. The molecule has 0 bridgehead atoms. The summed E-state index contributed by atoms with van der Waals surface area (Å²) in [6, 6.07) is 0. The normalized spacial score (nSPS) is 44.4. The Morgan fingerprint density at radius 1 is 1.07 bits per heavy atom. The average Bonchev–Trinajstić information content (AvgIpc) is 2.13. The van der Waals surface area contributed by atoms with Crippen molar-refractivity contribution >= 4 is 0 Å². The van der Waals surface area contributed by atoms with E-state index in [4.69, 9.17) is 4.74 Å². The molecule has 0 radical (unpaired) electrons. The molecule has 5 unspecified atom stereocenters. The fourth-order valence-electron chi connectivity index (χ4n) is 2.84. The van der Waals surface area contributed by atoms with Crippen LogP contribution in [-0.4, -0.2) is 12.2 Å². The predicted octanol–water partition coefficient (Wildman–Crippen LogP) is 3.73. The van der Waals surface area contributed by atoms with Crippen LogP contribution in [-0.2, 0) is 4.74 Å². The van der Waals surface area contributed by atoms with E-state index in [9.17, 15) is 0 Å². The van der Waals surface area contributed by atoms with Gasteiger partial charge in [-0.1, -0.05) is 41.0 Å². The van der Waals surface area contributed by atoms with Crippen LogP contribution >= 0.6 is 0 Å². The molecule has 1 rings (SSSR count). The Labute approximate surface area is 89.2 Å². The second kappa shape index (κ2) is 4.65. The van der Waals surface area contributed by atoms with Crippen LogP contribution < -0.4 is 0 Å². The topological polar surface area (TPSA) is 9.23 Å². The van der Waals surface area contributed by atoms with Gasteiger partial charge in [0.25, 0.3) is 0 Å². The lowest BCUT2D eigenvalue weighted by atomic mass is 9.72. The van der Waals surface area contributed by atoms with E-state index < -0.39 is 0 Å². The highest BCUT2D eigenvalue weighted by Gasteiger charge is 2.39. The second-order valence-corrected chi connectivity index (χ2v) is 5.34. The molecule has 1 heterocycles. The average molecular weight is 198 g/mol. The summed E-state index contributed by atoms with van der Waals surface area (Å²) in [4.78, 5) is 0. The quantitative estimate of drug-likeness (QED) is 0.657. The first-order chi connectivity index (χ1) is 6.49. The second-order valence-electron chi connectivity index (χ2n) is 5.34. The maximum Gasteiger partial charge on any atom is 0.0632 e. The molecule has 0 aromatic heterocycles. The van der Waals surface area contributed by atoms with Crippen molar-refractivity contribution < 1.29 is 4.74 Å². The van der Waals surface area contributed by atoms with Gasteiger partial charge in [0, 0.05) is 0 Å². The van der Waals surface area contributed by atoms with Crippen LogP contribution in [0.3, 0.4) is 0 Å². The molecule has 14 heavy (non-hydrogen) atoms.